The van der Waals surface area contributed by atoms with Crippen molar-refractivity contribution in [2.24, 2.45) is 5.92 Å². The number of carbonyl (C=O) groups excluding carboxylic acids is 2. The lowest BCUT2D eigenvalue weighted by atomic mass is 9.92. The average molecular weight is 467 g/mol. The molecule has 0 unspecified atom stereocenters. The van der Waals surface area contributed by atoms with Crippen molar-refractivity contribution in [3.8, 4) is 5.69 Å². The summed E-state index contributed by atoms with van der Waals surface area (Å²) in [6, 6.07) is 18.2. The quantitative estimate of drug-likeness (QED) is 0.495. The Kier molecular flexibility index (Phi) is 7.59. The van der Waals surface area contributed by atoms with Gasteiger partial charge < -0.3 is 10.2 Å². The molecule has 6 nitrogen and oxygen atoms in total. The summed E-state index contributed by atoms with van der Waals surface area (Å²) in [7, 11) is 0. The molecule has 0 atom stereocenters. The number of hydrogen-bond donors (Lipinski definition) is 1. The van der Waals surface area contributed by atoms with Crippen molar-refractivity contribution in [3.63, 3.8) is 0 Å². The first kappa shape index (κ1) is 24.5. The van der Waals surface area contributed by atoms with Crippen LogP contribution in [0.25, 0.3) is 5.69 Å². The number of nitrogens with zero attached hydrogens (tertiary/aromatic N) is 3. The predicted octanol–water partition coefficient (Wildman–Crippen LogP) is 5.56. The van der Waals surface area contributed by atoms with Crippen LogP contribution in [0.1, 0.15) is 50.7 Å². The minimum absolute atomic E-state index is 0.0650. The van der Waals surface area contributed by atoms with Crippen LogP contribution in [-0.4, -0.2) is 39.6 Å². The van der Waals surface area contributed by atoms with Crippen molar-refractivity contribution in [2.75, 3.05) is 18.4 Å². The van der Waals surface area contributed by atoms with E-state index in [1.807, 2.05) is 56.3 Å². The van der Waals surface area contributed by atoms with Crippen LogP contribution in [0, 0.1) is 5.92 Å². The third kappa shape index (κ3) is 6.23. The zero-order valence-corrected chi connectivity index (χ0v) is 20.6. The minimum atomic E-state index is -0.298. The number of halogens is 1. The van der Waals surface area contributed by atoms with Gasteiger partial charge in [0.05, 0.1) is 16.4 Å². The smallest absolute Gasteiger partial charge is 0.254 e. The number of amides is 2. The van der Waals surface area contributed by atoms with Gasteiger partial charge in [0.1, 0.15) is 12.4 Å². The second-order valence-electron chi connectivity index (χ2n) is 9.52. The zero-order chi connectivity index (χ0) is 24.2. The molecular formula is C26H31ClN4O2. The van der Waals surface area contributed by atoms with Gasteiger partial charge in [0.15, 0.2) is 0 Å². The number of rotatable bonds is 7. The van der Waals surface area contributed by atoms with Crippen molar-refractivity contribution in [1.29, 1.82) is 0 Å². The molecule has 0 fully saturated rings. The SMILES string of the molecule is CC(C)CN(CC(=O)Nc1cc(C(C)(C)C)nn1-c1ccccc1Cl)C(=O)c1ccccc1. The number of aromatic nitrogens is 2. The van der Waals surface area contributed by atoms with Crippen molar-refractivity contribution in [2.45, 2.75) is 40.0 Å². The molecule has 174 valence electrons. The molecule has 0 aliphatic carbocycles. The molecule has 2 aromatic carbocycles. The molecule has 2 amide bonds. The van der Waals surface area contributed by atoms with Crippen LogP contribution >= 0.6 is 11.6 Å². The van der Waals surface area contributed by atoms with Gasteiger partial charge in [-0.05, 0) is 30.2 Å². The maximum atomic E-state index is 13.1. The number of hydrogen-bond acceptors (Lipinski definition) is 3. The van der Waals surface area contributed by atoms with E-state index in [4.69, 9.17) is 16.7 Å². The van der Waals surface area contributed by atoms with Crippen molar-refractivity contribution >= 4 is 29.2 Å². The van der Waals surface area contributed by atoms with Crippen LogP contribution in [0.2, 0.25) is 5.02 Å². The summed E-state index contributed by atoms with van der Waals surface area (Å²) in [4.78, 5) is 27.7. The molecule has 1 N–H and O–H groups in total. The molecule has 3 aromatic rings. The highest BCUT2D eigenvalue weighted by Gasteiger charge is 2.24. The highest BCUT2D eigenvalue weighted by atomic mass is 35.5. The topological polar surface area (TPSA) is 67.2 Å². The minimum Gasteiger partial charge on any atom is -0.329 e. The lowest BCUT2D eigenvalue weighted by molar-refractivity contribution is -0.117. The molecule has 0 aliphatic heterocycles. The Hall–Kier alpha value is -3.12. The van der Waals surface area contributed by atoms with Crippen LogP contribution in [0.4, 0.5) is 5.82 Å². The van der Waals surface area contributed by atoms with Crippen molar-refractivity contribution < 1.29 is 9.59 Å². The maximum Gasteiger partial charge on any atom is 0.254 e. The summed E-state index contributed by atoms with van der Waals surface area (Å²) < 4.78 is 1.65. The largest absolute Gasteiger partial charge is 0.329 e. The molecule has 0 radical (unpaired) electrons. The summed E-state index contributed by atoms with van der Waals surface area (Å²) in [5, 5.41) is 8.19. The first-order chi connectivity index (χ1) is 15.6. The van der Waals surface area contributed by atoms with Gasteiger partial charge in [-0.2, -0.15) is 5.10 Å². The van der Waals surface area contributed by atoms with Crippen LogP contribution in [-0.2, 0) is 10.2 Å². The normalized spacial score (nSPS) is 11.5. The van der Waals surface area contributed by atoms with E-state index in [1.54, 1.807) is 27.8 Å². The molecule has 1 heterocycles. The van der Waals surface area contributed by atoms with Crippen LogP contribution < -0.4 is 5.32 Å². The fourth-order valence-corrected chi connectivity index (χ4v) is 3.64. The molecule has 0 saturated heterocycles. The van der Waals surface area contributed by atoms with Crippen LogP contribution in [0.3, 0.4) is 0 Å². The van der Waals surface area contributed by atoms with Gasteiger partial charge in [-0.3, -0.25) is 9.59 Å². The molecular weight excluding hydrogens is 436 g/mol. The molecule has 1 aromatic heterocycles. The average Bonchev–Trinajstić information content (AvgIpc) is 3.17. The highest BCUT2D eigenvalue weighted by Crippen LogP contribution is 2.29. The van der Waals surface area contributed by atoms with Gasteiger partial charge in [0.25, 0.3) is 5.91 Å². The molecule has 7 heteroatoms. The van der Waals surface area contributed by atoms with Crippen molar-refractivity contribution in [3.05, 3.63) is 76.9 Å². The molecule has 0 bridgehead atoms. The summed E-state index contributed by atoms with van der Waals surface area (Å²) >= 11 is 6.42. The van der Waals surface area contributed by atoms with Gasteiger partial charge in [-0.1, -0.05) is 76.6 Å². The van der Waals surface area contributed by atoms with Crippen molar-refractivity contribution in [1.82, 2.24) is 14.7 Å². The maximum absolute atomic E-state index is 13.1. The molecule has 0 spiro atoms. The second kappa shape index (κ2) is 10.2. The van der Waals surface area contributed by atoms with Gasteiger partial charge in [-0.25, -0.2) is 4.68 Å². The monoisotopic (exact) mass is 466 g/mol. The van der Waals surface area contributed by atoms with E-state index in [-0.39, 0.29) is 29.7 Å². The Labute approximate surface area is 200 Å². The van der Waals surface area contributed by atoms with E-state index in [9.17, 15) is 9.59 Å². The van der Waals surface area contributed by atoms with E-state index in [2.05, 4.69) is 26.1 Å². The number of anilines is 1. The molecule has 0 saturated carbocycles. The molecule has 33 heavy (non-hydrogen) atoms. The molecule has 0 aliphatic rings. The Bertz CT molecular complexity index is 1120. The Balaban J connectivity index is 1.88. The summed E-state index contributed by atoms with van der Waals surface area (Å²) in [6.07, 6.45) is 0. The Morgan fingerprint density at radius 3 is 2.30 bits per heavy atom. The number of carbonyl (C=O) groups is 2. The fraction of sp³-hybridized carbons (Fsp3) is 0.346. The fourth-order valence-electron chi connectivity index (χ4n) is 3.42. The summed E-state index contributed by atoms with van der Waals surface area (Å²) in [5.74, 6) is 0.254. The first-order valence-electron chi connectivity index (χ1n) is 11.1. The van der Waals surface area contributed by atoms with E-state index < -0.39 is 0 Å². The van der Waals surface area contributed by atoms with E-state index in [1.165, 1.54) is 0 Å². The lowest BCUT2D eigenvalue weighted by Gasteiger charge is -2.24. The van der Waals surface area contributed by atoms with E-state index in [0.717, 1.165) is 5.69 Å². The van der Waals surface area contributed by atoms with Crippen LogP contribution in [0.15, 0.2) is 60.7 Å². The van der Waals surface area contributed by atoms with Gasteiger partial charge in [0, 0.05) is 23.6 Å². The summed E-state index contributed by atoms with van der Waals surface area (Å²) in [5.41, 5.74) is 1.82. The predicted molar refractivity (Wildman–Crippen MR) is 133 cm³/mol. The highest BCUT2D eigenvalue weighted by molar-refractivity contribution is 6.32. The van der Waals surface area contributed by atoms with Gasteiger partial charge in [0.2, 0.25) is 5.91 Å². The first-order valence-corrected chi connectivity index (χ1v) is 11.4. The summed E-state index contributed by atoms with van der Waals surface area (Å²) in [6.45, 7) is 10.6. The number of nitrogens with one attached hydrogen (secondary N) is 1. The standard InChI is InChI=1S/C26H31ClN4O2/c1-18(2)16-30(25(33)19-11-7-6-8-12-19)17-24(32)28-23-15-22(26(3,4)5)29-31(23)21-14-10-9-13-20(21)27/h6-15,18H,16-17H2,1-5H3,(H,28,32). The van der Waals surface area contributed by atoms with Crippen LogP contribution in [0.5, 0.6) is 0 Å². The number of benzene rings is 2. The Morgan fingerprint density at radius 2 is 1.70 bits per heavy atom. The van der Waals surface area contributed by atoms with E-state index in [0.29, 0.717) is 28.6 Å². The third-order valence-electron chi connectivity index (χ3n) is 5.05. The zero-order valence-electron chi connectivity index (χ0n) is 19.8. The molecule has 3 rings (SSSR count). The number of para-hydroxylation sites is 1. The van der Waals surface area contributed by atoms with Gasteiger partial charge >= 0.3 is 0 Å². The second-order valence-corrected chi connectivity index (χ2v) is 9.93. The van der Waals surface area contributed by atoms with Gasteiger partial charge in [-0.15, -0.1) is 0 Å². The Morgan fingerprint density at radius 1 is 1.06 bits per heavy atom. The van der Waals surface area contributed by atoms with E-state index >= 15 is 0 Å². The lowest BCUT2D eigenvalue weighted by Crippen LogP contribution is -2.40. The third-order valence-corrected chi connectivity index (χ3v) is 5.37.